The highest BCUT2D eigenvalue weighted by Crippen LogP contribution is 2.40. The molecule has 1 aromatic carbocycles. The zero-order chi connectivity index (χ0) is 20.8. The van der Waals surface area contributed by atoms with E-state index in [2.05, 4.69) is 15.0 Å². The number of ketones is 1. The van der Waals surface area contributed by atoms with E-state index in [0.717, 1.165) is 0 Å². The second-order valence-corrected chi connectivity index (χ2v) is 6.57. The standard InChI is InChI=1S/C17H16N6O6/c18-15-13-16(20-7-19-15)22(8-21-13)17(5-11(25)12(6-24)29-17)14(26)9-1-3-10(4-2-9)23(27)28/h1-4,7-8,11-12,24-25H,5-6H2,(H2,18,19,20)/t11-,12+,17-/m0/s1. The van der Waals surface area contributed by atoms with Gasteiger partial charge in [0.15, 0.2) is 11.5 Å². The Morgan fingerprint density at radius 2 is 2.07 bits per heavy atom. The molecule has 1 aliphatic heterocycles. The molecule has 1 aliphatic rings. The molecule has 29 heavy (non-hydrogen) atoms. The maximum atomic E-state index is 13.5. The summed E-state index contributed by atoms with van der Waals surface area (Å²) in [4.78, 5) is 35.9. The van der Waals surface area contributed by atoms with Gasteiger partial charge in [-0.1, -0.05) is 0 Å². The maximum absolute atomic E-state index is 13.5. The van der Waals surface area contributed by atoms with E-state index in [1.807, 2.05) is 0 Å². The third-order valence-electron chi connectivity index (χ3n) is 4.89. The molecule has 150 valence electrons. The number of aliphatic hydroxyl groups excluding tert-OH is 2. The number of Topliss-reactive ketones (excluding diaryl/α,β-unsaturated/α-hetero) is 1. The van der Waals surface area contributed by atoms with Crippen molar-refractivity contribution in [2.45, 2.75) is 24.4 Å². The zero-order valence-electron chi connectivity index (χ0n) is 14.9. The molecule has 1 fully saturated rings. The lowest BCUT2D eigenvalue weighted by Crippen LogP contribution is -2.42. The van der Waals surface area contributed by atoms with E-state index in [-0.39, 0.29) is 34.7 Å². The zero-order valence-corrected chi connectivity index (χ0v) is 14.9. The van der Waals surface area contributed by atoms with Gasteiger partial charge in [-0.15, -0.1) is 0 Å². The van der Waals surface area contributed by atoms with Gasteiger partial charge < -0.3 is 20.7 Å². The number of aromatic nitrogens is 4. The van der Waals surface area contributed by atoms with Crippen molar-refractivity contribution in [1.82, 2.24) is 19.5 Å². The lowest BCUT2D eigenvalue weighted by Gasteiger charge is -2.29. The van der Waals surface area contributed by atoms with E-state index in [0.29, 0.717) is 0 Å². The molecule has 3 aromatic rings. The first-order chi connectivity index (χ1) is 13.9. The van der Waals surface area contributed by atoms with E-state index in [1.54, 1.807) is 0 Å². The van der Waals surface area contributed by atoms with Gasteiger partial charge in [0, 0.05) is 24.1 Å². The monoisotopic (exact) mass is 400 g/mol. The quantitative estimate of drug-likeness (QED) is 0.299. The summed E-state index contributed by atoms with van der Waals surface area (Å²) in [6.07, 6.45) is 0.149. The number of hydrogen-bond acceptors (Lipinski definition) is 10. The molecular formula is C17H16N6O6. The first-order valence-electron chi connectivity index (χ1n) is 8.57. The number of imidazole rings is 1. The Bertz CT molecular complexity index is 1100. The SMILES string of the molecule is Nc1ncnc2c1ncn2[C@@]1(C(=O)c2ccc([N+](=O)[O-])cc2)C[C@H](O)[C@@H](CO)O1. The number of non-ortho nitro benzene ring substituents is 1. The minimum absolute atomic E-state index is 0.101. The number of fused-ring (bicyclic) bond motifs is 1. The van der Waals surface area contributed by atoms with Gasteiger partial charge in [0.05, 0.1) is 24.0 Å². The molecule has 0 saturated carbocycles. The first-order valence-corrected chi connectivity index (χ1v) is 8.57. The van der Waals surface area contributed by atoms with Gasteiger partial charge in [0.2, 0.25) is 11.5 Å². The third kappa shape index (κ3) is 2.90. The summed E-state index contributed by atoms with van der Waals surface area (Å²) in [5.41, 5.74) is 4.43. The van der Waals surface area contributed by atoms with Crippen LogP contribution >= 0.6 is 0 Å². The lowest BCUT2D eigenvalue weighted by atomic mass is 9.96. The number of nitrogens with zero attached hydrogens (tertiary/aromatic N) is 5. The first kappa shape index (κ1) is 18.9. The lowest BCUT2D eigenvalue weighted by molar-refractivity contribution is -0.384. The van der Waals surface area contributed by atoms with Crippen LogP contribution in [0, 0.1) is 10.1 Å². The molecule has 2 aromatic heterocycles. The fourth-order valence-corrected chi connectivity index (χ4v) is 3.44. The molecule has 3 atom stereocenters. The number of nitro groups is 1. The van der Waals surface area contributed by atoms with Crippen LogP contribution in [0.25, 0.3) is 11.2 Å². The number of ether oxygens (including phenoxy) is 1. The molecule has 4 N–H and O–H groups in total. The van der Waals surface area contributed by atoms with Crippen LogP contribution in [0.5, 0.6) is 0 Å². The summed E-state index contributed by atoms with van der Waals surface area (Å²) in [5.74, 6) is -0.483. The second kappa shape index (κ2) is 6.84. The van der Waals surface area contributed by atoms with Crippen molar-refractivity contribution in [3.05, 3.63) is 52.6 Å². The second-order valence-electron chi connectivity index (χ2n) is 6.57. The van der Waals surface area contributed by atoms with E-state index in [4.69, 9.17) is 10.5 Å². The molecular weight excluding hydrogens is 384 g/mol. The highest BCUT2D eigenvalue weighted by atomic mass is 16.6. The predicted octanol–water partition coefficient (Wildman–Crippen LogP) is -0.00550. The Hall–Kier alpha value is -3.48. The highest BCUT2D eigenvalue weighted by molar-refractivity contribution is 6.02. The number of carbonyl (C=O) groups excluding carboxylic acids is 1. The van der Waals surface area contributed by atoms with Crippen LogP contribution in [0.1, 0.15) is 16.8 Å². The van der Waals surface area contributed by atoms with Crippen LogP contribution in [-0.4, -0.2) is 59.3 Å². The van der Waals surface area contributed by atoms with Crippen molar-refractivity contribution in [1.29, 1.82) is 0 Å². The number of nitro benzene ring substituents is 1. The summed E-state index contributed by atoms with van der Waals surface area (Å²) in [7, 11) is 0. The van der Waals surface area contributed by atoms with E-state index in [9.17, 15) is 25.1 Å². The molecule has 4 rings (SSSR count). The van der Waals surface area contributed by atoms with Gasteiger partial charge in [0.1, 0.15) is 17.9 Å². The summed E-state index contributed by atoms with van der Waals surface area (Å²) < 4.78 is 7.17. The number of benzene rings is 1. The number of nitrogen functional groups attached to an aromatic ring is 1. The summed E-state index contributed by atoms with van der Waals surface area (Å²) in [5, 5.41) is 30.8. The topological polar surface area (TPSA) is 180 Å². The van der Waals surface area contributed by atoms with Gasteiger partial charge in [0.25, 0.3) is 5.69 Å². The van der Waals surface area contributed by atoms with Gasteiger partial charge >= 0.3 is 0 Å². The van der Waals surface area contributed by atoms with Crippen LogP contribution < -0.4 is 5.73 Å². The van der Waals surface area contributed by atoms with Crippen LogP contribution in [0.2, 0.25) is 0 Å². The average Bonchev–Trinajstić information content (AvgIpc) is 3.30. The average molecular weight is 400 g/mol. The van der Waals surface area contributed by atoms with Gasteiger partial charge in [-0.3, -0.25) is 19.5 Å². The van der Waals surface area contributed by atoms with Crippen molar-refractivity contribution in [3.63, 3.8) is 0 Å². The summed E-state index contributed by atoms with van der Waals surface area (Å²) in [6, 6.07) is 4.99. The highest BCUT2D eigenvalue weighted by Gasteiger charge is 2.53. The van der Waals surface area contributed by atoms with Gasteiger partial charge in [-0.05, 0) is 12.1 Å². The minimum atomic E-state index is -1.78. The number of hydrogen-bond donors (Lipinski definition) is 3. The summed E-state index contributed by atoms with van der Waals surface area (Å²) >= 11 is 0. The number of anilines is 1. The van der Waals surface area contributed by atoms with Crippen molar-refractivity contribution in [2.75, 3.05) is 12.3 Å². The smallest absolute Gasteiger partial charge is 0.269 e. The fraction of sp³-hybridized carbons (Fsp3) is 0.294. The molecule has 0 bridgehead atoms. The summed E-state index contributed by atoms with van der Waals surface area (Å²) in [6.45, 7) is -0.514. The number of aliphatic hydroxyl groups is 2. The number of carbonyl (C=O) groups is 1. The minimum Gasteiger partial charge on any atom is -0.394 e. The Morgan fingerprint density at radius 1 is 1.34 bits per heavy atom. The third-order valence-corrected chi connectivity index (χ3v) is 4.89. The van der Waals surface area contributed by atoms with Gasteiger partial charge in [-0.2, -0.15) is 0 Å². The molecule has 0 amide bonds. The molecule has 0 aliphatic carbocycles. The molecule has 0 unspecified atom stereocenters. The van der Waals surface area contributed by atoms with Crippen molar-refractivity contribution in [2.24, 2.45) is 0 Å². The van der Waals surface area contributed by atoms with Crippen LogP contribution in [0.15, 0.2) is 36.9 Å². The van der Waals surface area contributed by atoms with Crippen LogP contribution in [-0.2, 0) is 10.5 Å². The Labute approximate surface area is 162 Å². The predicted molar refractivity (Wildman–Crippen MR) is 97.7 cm³/mol. The van der Waals surface area contributed by atoms with Gasteiger partial charge in [-0.25, -0.2) is 15.0 Å². The Morgan fingerprint density at radius 3 is 2.69 bits per heavy atom. The van der Waals surface area contributed by atoms with Crippen molar-refractivity contribution < 1.29 is 24.7 Å². The molecule has 12 nitrogen and oxygen atoms in total. The molecule has 3 heterocycles. The number of nitrogens with two attached hydrogens (primary N) is 1. The molecule has 0 spiro atoms. The maximum Gasteiger partial charge on any atom is 0.269 e. The molecule has 12 heteroatoms. The normalized spacial score (nSPS) is 24.1. The largest absolute Gasteiger partial charge is 0.394 e. The van der Waals surface area contributed by atoms with Crippen molar-refractivity contribution >= 4 is 28.5 Å². The van der Waals surface area contributed by atoms with E-state index < -0.39 is 35.2 Å². The molecule has 0 radical (unpaired) electrons. The van der Waals surface area contributed by atoms with E-state index >= 15 is 0 Å². The molecule has 1 saturated heterocycles. The van der Waals surface area contributed by atoms with Crippen molar-refractivity contribution in [3.8, 4) is 0 Å². The van der Waals surface area contributed by atoms with Crippen LogP contribution in [0.3, 0.4) is 0 Å². The fourth-order valence-electron chi connectivity index (χ4n) is 3.44. The van der Waals surface area contributed by atoms with E-state index in [1.165, 1.54) is 41.5 Å². The number of rotatable bonds is 5. The Balaban J connectivity index is 1.86. The van der Waals surface area contributed by atoms with Crippen LogP contribution in [0.4, 0.5) is 11.5 Å². The Kier molecular flexibility index (Phi) is 4.45.